The summed E-state index contributed by atoms with van der Waals surface area (Å²) in [6.07, 6.45) is 8.03. The Morgan fingerprint density at radius 2 is 1.66 bits per heavy atom. The van der Waals surface area contributed by atoms with Crippen LogP contribution in [-0.2, 0) is 22.5 Å². The van der Waals surface area contributed by atoms with Gasteiger partial charge in [0.15, 0.2) is 17.2 Å². The standard InChI is InChI=1S/C48H58ClF2N11O5/c1-52-36-25-42(56-62-39(26-53-44(36)62)45(64)54-35-8-9-40(35)67-2)60-22-14-33-32(4-3-5-37(33)60)27-57-17-15-41(48(50,51)28-57)58-18-10-29(11-19-58)30-12-20-59(21-13-30)46(65)31-6-7-34(49)38(24-31)61-23-16-43(63)55-47(61)66/h3-7,24-26,29-30,35,40-41,52H,8-23,27-28H2,1-2H3,(H,54,64)(H,55,63,66)/t35-,40-,41+/m1/s1. The van der Waals surface area contributed by atoms with Gasteiger partial charge in [-0.3, -0.25) is 34.4 Å². The van der Waals surface area contributed by atoms with Gasteiger partial charge in [0, 0.05) is 77.2 Å². The zero-order valence-electron chi connectivity index (χ0n) is 38.0. The number of carbonyl (C=O) groups excluding carboxylic acids is 4. The van der Waals surface area contributed by atoms with Crippen molar-refractivity contribution in [3.05, 3.63) is 76.1 Å². The molecule has 1 saturated carbocycles. The number of hydrogen-bond acceptors (Lipinski definition) is 11. The Hall–Kier alpha value is -5.43. The van der Waals surface area contributed by atoms with Crippen LogP contribution in [0.15, 0.2) is 48.7 Å². The molecule has 356 valence electrons. The van der Waals surface area contributed by atoms with Crippen LogP contribution >= 0.6 is 11.6 Å². The molecule has 5 fully saturated rings. The van der Waals surface area contributed by atoms with E-state index in [4.69, 9.17) is 21.4 Å². The summed E-state index contributed by atoms with van der Waals surface area (Å²) >= 11 is 6.42. The summed E-state index contributed by atoms with van der Waals surface area (Å²) in [6.45, 7) is 4.06. The SMILES string of the molecule is CNc1cc(N2CCc3c(CN4CC[C@H](N5CCC(C6CCN(C(=O)c7ccc(Cl)c(N8CCC(=O)NC8=O)c7)CC6)CC5)C(F)(F)C4)cccc32)nn2c(C(=O)N[C@@H]3CC[C@H]3OC)cnc12. The maximum absolute atomic E-state index is 16.2. The highest BCUT2D eigenvalue weighted by molar-refractivity contribution is 6.34. The summed E-state index contributed by atoms with van der Waals surface area (Å²) in [7, 11) is 3.47. The van der Waals surface area contributed by atoms with Gasteiger partial charge in [-0.15, -0.1) is 5.10 Å². The number of benzene rings is 2. The smallest absolute Gasteiger partial charge is 0.328 e. The van der Waals surface area contributed by atoms with Crippen LogP contribution in [0, 0.1) is 11.8 Å². The molecule has 3 atom stereocenters. The number of aromatic nitrogens is 3. The maximum Gasteiger partial charge on any atom is 0.328 e. The molecule has 0 radical (unpaired) electrons. The summed E-state index contributed by atoms with van der Waals surface area (Å²) in [5, 5.41) is 13.8. The lowest BCUT2D eigenvalue weighted by Gasteiger charge is -2.47. The van der Waals surface area contributed by atoms with Crippen molar-refractivity contribution >= 4 is 63.9 Å². The van der Waals surface area contributed by atoms with Crippen LogP contribution in [0.2, 0.25) is 5.02 Å². The van der Waals surface area contributed by atoms with Crippen LogP contribution in [0.25, 0.3) is 5.65 Å². The molecule has 16 nitrogen and oxygen atoms in total. The number of alkyl halides is 2. The Bertz CT molecular complexity index is 2560. The average Bonchev–Trinajstić information content (AvgIpc) is 3.96. The molecule has 0 spiro atoms. The van der Waals surface area contributed by atoms with Gasteiger partial charge >= 0.3 is 6.03 Å². The van der Waals surface area contributed by atoms with E-state index in [-0.39, 0.29) is 49.4 Å². The van der Waals surface area contributed by atoms with Crippen molar-refractivity contribution < 1.29 is 32.7 Å². The predicted molar refractivity (Wildman–Crippen MR) is 249 cm³/mol. The molecular formula is C48H58ClF2N11O5. The summed E-state index contributed by atoms with van der Waals surface area (Å²) in [5.41, 5.74) is 5.59. The van der Waals surface area contributed by atoms with E-state index in [0.717, 1.165) is 67.4 Å². The second-order valence-corrected chi connectivity index (χ2v) is 19.4. The van der Waals surface area contributed by atoms with Gasteiger partial charge in [0.25, 0.3) is 17.7 Å². The summed E-state index contributed by atoms with van der Waals surface area (Å²) in [4.78, 5) is 65.0. The number of urea groups is 1. The number of hydrogen-bond donors (Lipinski definition) is 3. The third-order valence-corrected chi connectivity index (χ3v) is 15.6. The van der Waals surface area contributed by atoms with Crippen LogP contribution in [0.3, 0.4) is 0 Å². The number of ether oxygens (including phenoxy) is 1. The molecule has 3 N–H and O–H groups in total. The van der Waals surface area contributed by atoms with Gasteiger partial charge < -0.3 is 25.2 Å². The van der Waals surface area contributed by atoms with E-state index in [2.05, 4.69) is 38.0 Å². The Balaban J connectivity index is 0.728. The molecular weight excluding hydrogens is 884 g/mol. The highest BCUT2D eigenvalue weighted by Crippen LogP contribution is 2.41. The fourth-order valence-electron chi connectivity index (χ4n) is 11.4. The van der Waals surface area contributed by atoms with Crippen molar-refractivity contribution in [2.45, 2.75) is 88.4 Å². The van der Waals surface area contributed by atoms with Gasteiger partial charge in [-0.05, 0) is 112 Å². The number of imide groups is 1. The molecule has 19 heteroatoms. The highest BCUT2D eigenvalue weighted by Gasteiger charge is 2.48. The number of nitrogens with one attached hydrogen (secondary N) is 3. The Labute approximate surface area is 393 Å². The fourth-order valence-corrected chi connectivity index (χ4v) is 11.6. The minimum Gasteiger partial charge on any atom is -0.385 e. The number of methoxy groups -OCH3 is 1. The Morgan fingerprint density at radius 3 is 2.36 bits per heavy atom. The molecule has 7 heterocycles. The second kappa shape index (κ2) is 18.6. The third-order valence-electron chi connectivity index (χ3n) is 15.3. The van der Waals surface area contributed by atoms with E-state index in [1.807, 2.05) is 33.9 Å². The number of carbonyl (C=O) groups is 4. The number of likely N-dealkylation sites (tertiary alicyclic amines) is 3. The van der Waals surface area contributed by atoms with Crippen LogP contribution < -0.4 is 25.8 Å². The van der Waals surface area contributed by atoms with Gasteiger partial charge in [-0.25, -0.2) is 23.1 Å². The van der Waals surface area contributed by atoms with Crippen molar-refractivity contribution in [1.29, 1.82) is 0 Å². The van der Waals surface area contributed by atoms with Gasteiger partial charge in [0.05, 0.1) is 47.3 Å². The zero-order chi connectivity index (χ0) is 46.6. The number of nitrogens with zero attached hydrogens (tertiary/aromatic N) is 8. The van der Waals surface area contributed by atoms with Crippen molar-refractivity contribution in [1.82, 2.24) is 39.9 Å². The molecule has 1 aliphatic carbocycles. The van der Waals surface area contributed by atoms with E-state index >= 15 is 8.78 Å². The normalized spacial score (nSPS) is 24.1. The molecule has 10 rings (SSSR count). The fraction of sp³-hybridized carbons (Fsp3) is 0.542. The second-order valence-electron chi connectivity index (χ2n) is 19.0. The van der Waals surface area contributed by atoms with Crippen LogP contribution in [0.4, 0.5) is 36.5 Å². The van der Waals surface area contributed by atoms with Crippen LogP contribution in [0.1, 0.15) is 83.3 Å². The lowest BCUT2D eigenvalue weighted by atomic mass is 9.78. The summed E-state index contributed by atoms with van der Waals surface area (Å²) in [5.74, 6) is -2.09. The topological polar surface area (TPSA) is 160 Å². The van der Waals surface area contributed by atoms with E-state index in [9.17, 15) is 19.2 Å². The minimum atomic E-state index is -2.86. The largest absolute Gasteiger partial charge is 0.385 e. The molecule has 6 aliphatic rings. The first-order chi connectivity index (χ1) is 32.4. The third kappa shape index (κ3) is 8.81. The van der Waals surface area contributed by atoms with Gasteiger partial charge in [-0.2, -0.15) is 0 Å². The van der Waals surface area contributed by atoms with E-state index in [1.54, 1.807) is 36.0 Å². The van der Waals surface area contributed by atoms with E-state index in [0.29, 0.717) is 97.5 Å². The van der Waals surface area contributed by atoms with Gasteiger partial charge in [0.2, 0.25) is 5.91 Å². The number of imidazole rings is 1. The van der Waals surface area contributed by atoms with Gasteiger partial charge in [0.1, 0.15) is 0 Å². The van der Waals surface area contributed by atoms with E-state index < -0.39 is 18.0 Å². The van der Waals surface area contributed by atoms with Crippen molar-refractivity contribution in [3.63, 3.8) is 0 Å². The van der Waals surface area contributed by atoms with Crippen molar-refractivity contribution in [3.8, 4) is 0 Å². The number of anilines is 4. The zero-order valence-corrected chi connectivity index (χ0v) is 38.7. The molecule has 2 aromatic carbocycles. The van der Waals surface area contributed by atoms with Crippen molar-refractivity contribution in [2.75, 3.05) is 81.6 Å². The number of amides is 5. The minimum absolute atomic E-state index is 0.00500. The van der Waals surface area contributed by atoms with Crippen molar-refractivity contribution in [2.24, 2.45) is 11.8 Å². The number of halogens is 3. The molecule has 5 aliphatic heterocycles. The Morgan fingerprint density at radius 1 is 0.896 bits per heavy atom. The highest BCUT2D eigenvalue weighted by atomic mass is 35.5. The monoisotopic (exact) mass is 941 g/mol. The number of fused-ring (bicyclic) bond motifs is 2. The molecule has 4 saturated heterocycles. The first-order valence-electron chi connectivity index (χ1n) is 23.7. The first kappa shape index (κ1) is 45.4. The van der Waals surface area contributed by atoms with Crippen LogP contribution in [-0.4, -0.2) is 144 Å². The molecule has 67 heavy (non-hydrogen) atoms. The molecule has 4 aromatic rings. The Kier molecular flexibility index (Phi) is 12.6. The summed E-state index contributed by atoms with van der Waals surface area (Å²) < 4.78 is 39.5. The molecule has 5 amide bonds. The lowest BCUT2D eigenvalue weighted by Crippen LogP contribution is -2.59. The lowest BCUT2D eigenvalue weighted by molar-refractivity contribution is -0.135. The van der Waals surface area contributed by atoms with E-state index in [1.165, 1.54) is 4.90 Å². The maximum atomic E-state index is 16.2. The molecule has 0 unspecified atom stereocenters. The van der Waals surface area contributed by atoms with Crippen LogP contribution in [0.5, 0.6) is 0 Å². The average molecular weight is 943 g/mol. The quantitative estimate of drug-likeness (QED) is 0.163. The predicted octanol–water partition coefficient (Wildman–Crippen LogP) is 5.95. The number of rotatable bonds is 11. The first-order valence-corrected chi connectivity index (χ1v) is 24.1. The van der Waals surface area contributed by atoms with Gasteiger partial charge in [-0.1, -0.05) is 23.7 Å². The molecule has 0 bridgehead atoms. The molecule has 2 aromatic heterocycles. The number of piperidine rings is 3. The summed E-state index contributed by atoms with van der Waals surface area (Å²) in [6, 6.07) is 11.5.